The fourth-order valence-electron chi connectivity index (χ4n) is 2.22. The van der Waals surface area contributed by atoms with Gasteiger partial charge in [0.25, 0.3) is 0 Å². The molecule has 0 bridgehead atoms. The van der Waals surface area contributed by atoms with Gasteiger partial charge in [-0.05, 0) is 11.5 Å². The van der Waals surface area contributed by atoms with Gasteiger partial charge < -0.3 is 5.43 Å². The second-order valence-corrected chi connectivity index (χ2v) is 4.38. The van der Waals surface area contributed by atoms with Crippen molar-refractivity contribution in [2.24, 2.45) is 5.84 Å². The number of hydrogen-bond acceptors (Lipinski definition) is 3. The molecule has 0 saturated heterocycles. The number of nitrogens with two attached hydrogens (primary N) is 1. The summed E-state index contributed by atoms with van der Waals surface area (Å²) in [6, 6.07) is 11.6. The summed E-state index contributed by atoms with van der Waals surface area (Å²) in [4.78, 5) is 3.76. The molecule has 3 N–H and O–H groups in total. The van der Waals surface area contributed by atoms with Crippen molar-refractivity contribution in [1.82, 2.24) is 4.98 Å². The van der Waals surface area contributed by atoms with E-state index in [1.807, 2.05) is 18.2 Å². The fourth-order valence-corrected chi connectivity index (χ4v) is 2.22. The highest BCUT2D eigenvalue weighted by molar-refractivity contribution is 6.09. The van der Waals surface area contributed by atoms with Gasteiger partial charge >= 0.3 is 6.18 Å². The molecular weight excluding hydrogens is 267 g/mol. The van der Waals surface area contributed by atoms with Crippen LogP contribution in [0.3, 0.4) is 0 Å². The van der Waals surface area contributed by atoms with E-state index in [0.717, 1.165) is 11.5 Å². The quantitative estimate of drug-likeness (QED) is 0.405. The molecule has 0 aliphatic rings. The fraction of sp³-hybridized carbons (Fsp3) is 0.0714. The lowest BCUT2D eigenvalue weighted by molar-refractivity contribution is -0.140. The van der Waals surface area contributed by atoms with E-state index in [9.17, 15) is 13.2 Å². The Balaban J connectivity index is 2.46. The van der Waals surface area contributed by atoms with Gasteiger partial charge in [-0.3, -0.25) is 5.84 Å². The minimum absolute atomic E-state index is 0.202. The molecule has 0 aliphatic heterocycles. The number of hydrazine groups is 1. The largest absolute Gasteiger partial charge is 0.433 e. The van der Waals surface area contributed by atoms with Crippen molar-refractivity contribution in [2.45, 2.75) is 6.18 Å². The lowest BCUT2D eigenvalue weighted by atomic mass is 10.0. The number of rotatable bonds is 1. The monoisotopic (exact) mass is 277 g/mol. The zero-order valence-corrected chi connectivity index (χ0v) is 10.2. The molecule has 0 amide bonds. The number of benzene rings is 2. The highest BCUT2D eigenvalue weighted by atomic mass is 19.4. The predicted molar refractivity (Wildman–Crippen MR) is 72.1 cm³/mol. The first-order valence-electron chi connectivity index (χ1n) is 5.87. The van der Waals surface area contributed by atoms with E-state index in [4.69, 9.17) is 5.84 Å². The first kappa shape index (κ1) is 12.7. The summed E-state index contributed by atoms with van der Waals surface area (Å²) in [6.07, 6.45) is -4.52. The number of pyridine rings is 1. The van der Waals surface area contributed by atoms with Crippen molar-refractivity contribution in [2.75, 3.05) is 5.43 Å². The smallest absolute Gasteiger partial charge is 0.323 e. The third kappa shape index (κ3) is 1.94. The van der Waals surface area contributed by atoms with Crippen molar-refractivity contribution in [1.29, 1.82) is 0 Å². The second kappa shape index (κ2) is 4.35. The molecule has 0 fully saturated rings. The molecule has 3 nitrogen and oxygen atoms in total. The Kier molecular flexibility index (Phi) is 2.76. The summed E-state index contributed by atoms with van der Waals surface area (Å²) in [5, 5.41) is 2.04. The van der Waals surface area contributed by atoms with Gasteiger partial charge in [0.2, 0.25) is 0 Å². The summed E-state index contributed by atoms with van der Waals surface area (Å²) in [5.41, 5.74) is 1.83. The molecule has 0 spiro atoms. The zero-order chi connectivity index (χ0) is 14.3. The van der Waals surface area contributed by atoms with Gasteiger partial charge in [0, 0.05) is 10.8 Å². The average Bonchev–Trinajstić information content (AvgIpc) is 2.44. The molecular formula is C14H10F3N3. The van der Waals surface area contributed by atoms with Crippen LogP contribution in [-0.2, 0) is 6.18 Å². The summed E-state index contributed by atoms with van der Waals surface area (Å²) in [5.74, 6) is 5.33. The van der Waals surface area contributed by atoms with Crippen molar-refractivity contribution in [3.05, 3.63) is 48.2 Å². The van der Waals surface area contributed by atoms with Gasteiger partial charge in [0.1, 0.15) is 5.69 Å². The van der Waals surface area contributed by atoms with Crippen LogP contribution in [0, 0.1) is 0 Å². The Morgan fingerprint density at radius 1 is 1.00 bits per heavy atom. The van der Waals surface area contributed by atoms with Crippen LogP contribution in [-0.4, -0.2) is 4.98 Å². The van der Waals surface area contributed by atoms with E-state index >= 15 is 0 Å². The number of alkyl halides is 3. The topological polar surface area (TPSA) is 50.9 Å². The molecule has 0 unspecified atom stereocenters. The predicted octanol–water partition coefficient (Wildman–Crippen LogP) is 3.69. The minimum Gasteiger partial charge on any atom is -0.323 e. The van der Waals surface area contributed by atoms with E-state index in [0.29, 0.717) is 10.8 Å². The van der Waals surface area contributed by atoms with Crippen LogP contribution < -0.4 is 11.3 Å². The normalized spacial score (nSPS) is 12.0. The summed E-state index contributed by atoms with van der Waals surface area (Å²) >= 11 is 0. The average molecular weight is 277 g/mol. The Bertz CT molecular complexity index is 797. The van der Waals surface area contributed by atoms with Gasteiger partial charge in [0.05, 0.1) is 11.2 Å². The molecule has 3 rings (SSSR count). The van der Waals surface area contributed by atoms with E-state index < -0.39 is 11.9 Å². The molecule has 0 aliphatic carbocycles. The maximum Gasteiger partial charge on any atom is 0.433 e. The lowest BCUT2D eigenvalue weighted by Crippen LogP contribution is -2.12. The second-order valence-electron chi connectivity index (χ2n) is 4.38. The van der Waals surface area contributed by atoms with E-state index in [1.165, 1.54) is 0 Å². The zero-order valence-electron chi connectivity index (χ0n) is 10.2. The maximum atomic E-state index is 12.9. The van der Waals surface area contributed by atoms with Gasteiger partial charge in [-0.15, -0.1) is 0 Å². The number of aromatic nitrogens is 1. The Morgan fingerprint density at radius 2 is 1.75 bits per heavy atom. The van der Waals surface area contributed by atoms with E-state index in [-0.39, 0.29) is 11.2 Å². The molecule has 1 heterocycles. The van der Waals surface area contributed by atoms with Crippen LogP contribution in [0.25, 0.3) is 21.7 Å². The number of hydrogen-bond donors (Lipinski definition) is 2. The van der Waals surface area contributed by atoms with Gasteiger partial charge in [-0.2, -0.15) is 13.2 Å². The molecule has 6 heteroatoms. The molecule has 2 aromatic carbocycles. The van der Waals surface area contributed by atoms with Crippen molar-refractivity contribution in [3.63, 3.8) is 0 Å². The lowest BCUT2D eigenvalue weighted by Gasteiger charge is -2.12. The number of halogens is 3. The number of anilines is 1. The third-order valence-electron chi connectivity index (χ3n) is 3.15. The first-order valence-corrected chi connectivity index (χ1v) is 5.87. The molecule has 20 heavy (non-hydrogen) atoms. The SMILES string of the molecule is NNc1cc(C(F)(F)F)nc2c1ccc1ccccc12. The highest BCUT2D eigenvalue weighted by Crippen LogP contribution is 2.35. The van der Waals surface area contributed by atoms with Crippen LogP contribution in [0.5, 0.6) is 0 Å². The van der Waals surface area contributed by atoms with Crippen LogP contribution in [0.4, 0.5) is 18.9 Å². The molecule has 3 aromatic rings. The first-order chi connectivity index (χ1) is 9.50. The summed E-state index contributed by atoms with van der Waals surface area (Å²) in [7, 11) is 0. The molecule has 0 atom stereocenters. The Morgan fingerprint density at radius 3 is 2.45 bits per heavy atom. The van der Waals surface area contributed by atoms with Gasteiger partial charge in [-0.25, -0.2) is 4.98 Å². The molecule has 102 valence electrons. The minimum atomic E-state index is -4.52. The van der Waals surface area contributed by atoms with Crippen LogP contribution in [0.2, 0.25) is 0 Å². The molecule has 0 radical (unpaired) electrons. The number of nitrogen functional groups attached to an aromatic ring is 1. The van der Waals surface area contributed by atoms with Crippen molar-refractivity contribution >= 4 is 27.4 Å². The molecule has 1 aromatic heterocycles. The maximum absolute atomic E-state index is 12.9. The third-order valence-corrected chi connectivity index (χ3v) is 3.15. The van der Waals surface area contributed by atoms with Crippen LogP contribution in [0.15, 0.2) is 42.5 Å². The van der Waals surface area contributed by atoms with Crippen LogP contribution in [0.1, 0.15) is 5.69 Å². The molecule has 0 saturated carbocycles. The van der Waals surface area contributed by atoms with E-state index in [1.54, 1.807) is 18.2 Å². The van der Waals surface area contributed by atoms with Gasteiger partial charge in [-0.1, -0.05) is 36.4 Å². The Hall–Kier alpha value is -2.34. The number of fused-ring (bicyclic) bond motifs is 3. The van der Waals surface area contributed by atoms with E-state index in [2.05, 4.69) is 10.4 Å². The Labute approximate surface area is 112 Å². The number of nitrogens with one attached hydrogen (secondary N) is 1. The van der Waals surface area contributed by atoms with Crippen molar-refractivity contribution < 1.29 is 13.2 Å². The van der Waals surface area contributed by atoms with Gasteiger partial charge in [0.15, 0.2) is 0 Å². The summed E-state index contributed by atoms with van der Waals surface area (Å²) < 4.78 is 38.7. The standard InChI is InChI=1S/C14H10F3N3/c15-14(16,17)12-7-11(20-18)10-6-5-8-3-1-2-4-9(8)13(10)19-12/h1-7H,18H2,(H,19,20). The van der Waals surface area contributed by atoms with Crippen LogP contribution >= 0.6 is 0 Å². The summed E-state index contributed by atoms with van der Waals surface area (Å²) in [6.45, 7) is 0. The number of nitrogens with zero attached hydrogens (tertiary/aromatic N) is 1. The highest BCUT2D eigenvalue weighted by Gasteiger charge is 2.33. The van der Waals surface area contributed by atoms with Crippen molar-refractivity contribution in [3.8, 4) is 0 Å².